The Bertz CT molecular complexity index is 365. The molecule has 0 atom stereocenters. The standard InChI is InChI=1S/C9H6Cl2O3/c1-14-9(13)5-2-7(10)6(4-12)8(11)3-5/h2-4H,1H3. The lowest BCUT2D eigenvalue weighted by Crippen LogP contribution is -2.02. The summed E-state index contributed by atoms with van der Waals surface area (Å²) >= 11 is 11.4. The number of carbonyl (C=O) groups excluding carboxylic acids is 2. The highest BCUT2D eigenvalue weighted by Gasteiger charge is 2.12. The highest BCUT2D eigenvalue weighted by molar-refractivity contribution is 6.38. The summed E-state index contributed by atoms with van der Waals surface area (Å²) in [5, 5.41) is 0.265. The van der Waals surface area contributed by atoms with Crippen LogP contribution in [0.3, 0.4) is 0 Å². The van der Waals surface area contributed by atoms with E-state index in [1.807, 2.05) is 0 Å². The number of hydrogen-bond donors (Lipinski definition) is 0. The van der Waals surface area contributed by atoms with Crippen molar-refractivity contribution in [3.8, 4) is 0 Å². The Morgan fingerprint density at radius 1 is 1.36 bits per heavy atom. The van der Waals surface area contributed by atoms with Gasteiger partial charge in [0.25, 0.3) is 0 Å². The third kappa shape index (κ3) is 2.05. The monoisotopic (exact) mass is 232 g/mol. The van der Waals surface area contributed by atoms with Crippen LogP contribution in [-0.4, -0.2) is 19.4 Å². The van der Waals surface area contributed by atoms with E-state index in [-0.39, 0.29) is 21.2 Å². The Labute approximate surface area is 90.6 Å². The lowest BCUT2D eigenvalue weighted by molar-refractivity contribution is 0.0600. The molecule has 0 bridgehead atoms. The van der Waals surface area contributed by atoms with E-state index in [1.165, 1.54) is 19.2 Å². The van der Waals surface area contributed by atoms with Gasteiger partial charge in [0, 0.05) is 0 Å². The minimum atomic E-state index is -0.550. The fraction of sp³-hybridized carbons (Fsp3) is 0.111. The van der Waals surface area contributed by atoms with Crippen molar-refractivity contribution < 1.29 is 14.3 Å². The van der Waals surface area contributed by atoms with Crippen LogP contribution in [0.5, 0.6) is 0 Å². The van der Waals surface area contributed by atoms with Crippen molar-refractivity contribution in [2.45, 2.75) is 0 Å². The lowest BCUT2D eigenvalue weighted by Gasteiger charge is -2.03. The van der Waals surface area contributed by atoms with Gasteiger partial charge in [0.15, 0.2) is 6.29 Å². The summed E-state index contributed by atoms with van der Waals surface area (Å²) in [6.45, 7) is 0. The Morgan fingerprint density at radius 2 is 1.86 bits per heavy atom. The number of esters is 1. The quantitative estimate of drug-likeness (QED) is 0.582. The molecule has 0 unspecified atom stereocenters. The minimum Gasteiger partial charge on any atom is -0.465 e. The maximum atomic E-state index is 11.1. The molecule has 74 valence electrons. The van der Waals surface area contributed by atoms with Crippen LogP contribution >= 0.6 is 23.2 Å². The molecule has 0 radical (unpaired) electrons. The minimum absolute atomic E-state index is 0.132. The highest BCUT2D eigenvalue weighted by Crippen LogP contribution is 2.25. The highest BCUT2D eigenvalue weighted by atomic mass is 35.5. The van der Waals surface area contributed by atoms with Gasteiger partial charge < -0.3 is 4.74 Å². The van der Waals surface area contributed by atoms with Crippen molar-refractivity contribution >= 4 is 35.5 Å². The zero-order chi connectivity index (χ0) is 10.7. The van der Waals surface area contributed by atoms with Gasteiger partial charge >= 0.3 is 5.97 Å². The van der Waals surface area contributed by atoms with E-state index in [0.29, 0.717) is 6.29 Å². The predicted octanol–water partition coefficient (Wildman–Crippen LogP) is 2.59. The molecule has 0 aromatic heterocycles. The number of halogens is 2. The van der Waals surface area contributed by atoms with Crippen LogP contribution in [0.25, 0.3) is 0 Å². The molecule has 0 aliphatic rings. The van der Waals surface area contributed by atoms with Gasteiger partial charge in [0.1, 0.15) is 0 Å². The van der Waals surface area contributed by atoms with Gasteiger partial charge in [-0.1, -0.05) is 23.2 Å². The molecule has 0 saturated heterocycles. The molecule has 5 heteroatoms. The zero-order valence-electron chi connectivity index (χ0n) is 7.21. The second-order valence-electron chi connectivity index (χ2n) is 2.46. The predicted molar refractivity (Wildman–Crippen MR) is 53.2 cm³/mol. The zero-order valence-corrected chi connectivity index (χ0v) is 8.72. The van der Waals surface area contributed by atoms with Crippen LogP contribution in [0, 0.1) is 0 Å². The second kappa shape index (κ2) is 4.44. The van der Waals surface area contributed by atoms with Gasteiger partial charge in [0.2, 0.25) is 0 Å². The van der Waals surface area contributed by atoms with Crippen LogP contribution in [0.15, 0.2) is 12.1 Å². The van der Waals surface area contributed by atoms with E-state index < -0.39 is 5.97 Å². The normalized spacial score (nSPS) is 9.64. The number of methoxy groups -OCH3 is 1. The molecular weight excluding hydrogens is 227 g/mol. The fourth-order valence-corrected chi connectivity index (χ4v) is 1.51. The van der Waals surface area contributed by atoms with Gasteiger partial charge in [-0.05, 0) is 12.1 Å². The first-order valence-electron chi connectivity index (χ1n) is 3.62. The summed E-state index contributed by atoms with van der Waals surface area (Å²) < 4.78 is 4.48. The molecule has 0 amide bonds. The molecular formula is C9H6Cl2O3. The summed E-state index contributed by atoms with van der Waals surface area (Å²) in [6.07, 6.45) is 0.533. The van der Waals surface area contributed by atoms with E-state index in [9.17, 15) is 9.59 Å². The molecule has 0 fully saturated rings. The van der Waals surface area contributed by atoms with Crippen LogP contribution in [0.2, 0.25) is 10.0 Å². The first-order chi connectivity index (χ1) is 6.60. The van der Waals surface area contributed by atoms with Crippen molar-refractivity contribution in [3.63, 3.8) is 0 Å². The molecule has 0 spiro atoms. The molecule has 1 aromatic rings. The molecule has 14 heavy (non-hydrogen) atoms. The SMILES string of the molecule is COC(=O)c1cc(Cl)c(C=O)c(Cl)c1. The first kappa shape index (κ1) is 11.0. The summed E-state index contributed by atoms with van der Waals surface area (Å²) in [7, 11) is 1.25. The number of carbonyl (C=O) groups is 2. The third-order valence-electron chi connectivity index (χ3n) is 1.62. The summed E-state index contributed by atoms with van der Waals surface area (Å²) in [4.78, 5) is 21.6. The number of ether oxygens (including phenoxy) is 1. The first-order valence-corrected chi connectivity index (χ1v) is 4.38. The van der Waals surface area contributed by atoms with Gasteiger partial charge in [-0.2, -0.15) is 0 Å². The number of rotatable bonds is 2. The average Bonchev–Trinajstić information content (AvgIpc) is 2.16. The second-order valence-corrected chi connectivity index (χ2v) is 3.28. The van der Waals surface area contributed by atoms with Gasteiger partial charge in [-0.15, -0.1) is 0 Å². The molecule has 3 nitrogen and oxygen atoms in total. The summed E-state index contributed by atoms with van der Waals surface area (Å²) in [5.74, 6) is -0.550. The molecule has 1 rings (SSSR count). The van der Waals surface area contributed by atoms with Crippen LogP contribution in [-0.2, 0) is 4.74 Å². The van der Waals surface area contributed by atoms with Crippen LogP contribution in [0.4, 0.5) is 0 Å². The van der Waals surface area contributed by atoms with E-state index in [2.05, 4.69) is 4.74 Å². The van der Waals surface area contributed by atoms with E-state index in [1.54, 1.807) is 0 Å². The van der Waals surface area contributed by atoms with E-state index in [4.69, 9.17) is 23.2 Å². The number of benzene rings is 1. The Morgan fingerprint density at radius 3 is 2.21 bits per heavy atom. The fourth-order valence-electron chi connectivity index (χ4n) is 0.933. The lowest BCUT2D eigenvalue weighted by atomic mass is 10.1. The molecule has 0 heterocycles. The number of hydrogen-bond acceptors (Lipinski definition) is 3. The molecule has 0 aliphatic carbocycles. The van der Waals surface area contributed by atoms with E-state index >= 15 is 0 Å². The van der Waals surface area contributed by atoms with Crippen molar-refractivity contribution in [2.24, 2.45) is 0 Å². The molecule has 0 aliphatic heterocycles. The third-order valence-corrected chi connectivity index (χ3v) is 2.24. The van der Waals surface area contributed by atoms with Crippen molar-refractivity contribution in [3.05, 3.63) is 33.3 Å². The van der Waals surface area contributed by atoms with E-state index in [0.717, 1.165) is 0 Å². The van der Waals surface area contributed by atoms with Crippen molar-refractivity contribution in [1.29, 1.82) is 0 Å². The summed E-state index contributed by atoms with van der Waals surface area (Å²) in [6, 6.07) is 2.67. The largest absolute Gasteiger partial charge is 0.465 e. The molecule has 1 aromatic carbocycles. The van der Waals surface area contributed by atoms with Crippen LogP contribution < -0.4 is 0 Å². The number of aldehydes is 1. The summed E-state index contributed by atoms with van der Waals surface area (Å²) in [5.41, 5.74) is 0.383. The topological polar surface area (TPSA) is 43.4 Å². The van der Waals surface area contributed by atoms with Crippen molar-refractivity contribution in [2.75, 3.05) is 7.11 Å². The van der Waals surface area contributed by atoms with Crippen LogP contribution in [0.1, 0.15) is 20.7 Å². The maximum absolute atomic E-state index is 11.1. The Hall–Kier alpha value is -1.06. The Balaban J connectivity index is 3.27. The maximum Gasteiger partial charge on any atom is 0.337 e. The molecule has 0 saturated carbocycles. The average molecular weight is 233 g/mol. The van der Waals surface area contributed by atoms with Crippen molar-refractivity contribution in [1.82, 2.24) is 0 Å². The Kier molecular flexibility index (Phi) is 3.49. The van der Waals surface area contributed by atoms with Gasteiger partial charge in [0.05, 0.1) is 28.3 Å². The smallest absolute Gasteiger partial charge is 0.337 e. The van der Waals surface area contributed by atoms with Gasteiger partial charge in [-0.25, -0.2) is 4.79 Å². The molecule has 0 N–H and O–H groups in total. The van der Waals surface area contributed by atoms with Gasteiger partial charge in [-0.3, -0.25) is 4.79 Å².